The number of amides is 1. The Balaban J connectivity index is 2.37. The van der Waals surface area contributed by atoms with Crippen LogP contribution in [0.2, 0.25) is 5.02 Å². The standard InChI is InChI=1S/C15H13ClFNO3S2/c1-22-9-3-5-12(16)11(7-9)15(19)18-14-8-10(23(2,20)21)4-6-13(14)17/h3-8H,1-2H3,(H,18,19). The molecular weight excluding hydrogens is 361 g/mol. The van der Waals surface area contributed by atoms with E-state index in [0.29, 0.717) is 0 Å². The molecule has 0 aliphatic carbocycles. The van der Waals surface area contributed by atoms with Gasteiger partial charge in [0.15, 0.2) is 9.84 Å². The lowest BCUT2D eigenvalue weighted by Crippen LogP contribution is -2.14. The number of carbonyl (C=O) groups excluding carboxylic acids is 1. The molecule has 2 rings (SSSR count). The van der Waals surface area contributed by atoms with E-state index in [2.05, 4.69) is 5.32 Å². The molecule has 2 aromatic carbocycles. The molecule has 0 aliphatic heterocycles. The van der Waals surface area contributed by atoms with Crippen LogP contribution in [0.15, 0.2) is 46.2 Å². The van der Waals surface area contributed by atoms with Crippen LogP contribution in [-0.2, 0) is 9.84 Å². The Hall–Kier alpha value is -1.57. The van der Waals surface area contributed by atoms with Gasteiger partial charge in [0.2, 0.25) is 0 Å². The van der Waals surface area contributed by atoms with Gasteiger partial charge in [0.1, 0.15) is 5.82 Å². The first-order chi connectivity index (χ1) is 10.7. The molecule has 0 heterocycles. The Morgan fingerprint density at radius 2 is 1.91 bits per heavy atom. The highest BCUT2D eigenvalue weighted by molar-refractivity contribution is 7.98. The largest absolute Gasteiger partial charge is 0.319 e. The van der Waals surface area contributed by atoms with Gasteiger partial charge >= 0.3 is 0 Å². The first-order valence-corrected chi connectivity index (χ1v) is 9.86. The van der Waals surface area contributed by atoms with E-state index in [4.69, 9.17) is 11.6 Å². The Morgan fingerprint density at radius 1 is 1.22 bits per heavy atom. The van der Waals surface area contributed by atoms with Crippen molar-refractivity contribution in [2.45, 2.75) is 9.79 Å². The van der Waals surface area contributed by atoms with E-state index >= 15 is 0 Å². The predicted octanol–water partition coefficient (Wildman–Crippen LogP) is 3.86. The van der Waals surface area contributed by atoms with Crippen LogP contribution in [0.1, 0.15) is 10.4 Å². The highest BCUT2D eigenvalue weighted by Gasteiger charge is 2.16. The Bertz CT molecular complexity index is 869. The van der Waals surface area contributed by atoms with Crippen molar-refractivity contribution in [1.82, 2.24) is 0 Å². The van der Waals surface area contributed by atoms with Crippen molar-refractivity contribution in [1.29, 1.82) is 0 Å². The zero-order valence-corrected chi connectivity index (χ0v) is 14.7. The molecule has 4 nitrogen and oxygen atoms in total. The summed E-state index contributed by atoms with van der Waals surface area (Å²) in [6.07, 6.45) is 2.85. The molecule has 0 radical (unpaired) electrons. The lowest BCUT2D eigenvalue weighted by atomic mass is 10.2. The number of thioether (sulfide) groups is 1. The quantitative estimate of drug-likeness (QED) is 0.653. The van der Waals surface area contributed by atoms with Crippen LogP contribution in [0, 0.1) is 5.82 Å². The molecule has 0 bridgehead atoms. The number of anilines is 1. The van der Waals surface area contributed by atoms with Crippen molar-refractivity contribution < 1.29 is 17.6 Å². The molecule has 0 aromatic heterocycles. The predicted molar refractivity (Wildman–Crippen MR) is 90.7 cm³/mol. The van der Waals surface area contributed by atoms with E-state index in [0.717, 1.165) is 29.4 Å². The normalized spacial score (nSPS) is 11.3. The van der Waals surface area contributed by atoms with Crippen LogP contribution in [0.25, 0.3) is 0 Å². The molecule has 0 saturated heterocycles. The Kier molecular flexibility index (Phi) is 5.33. The minimum absolute atomic E-state index is 0.0850. The van der Waals surface area contributed by atoms with E-state index in [1.54, 1.807) is 18.2 Å². The van der Waals surface area contributed by atoms with Crippen LogP contribution in [0.4, 0.5) is 10.1 Å². The van der Waals surface area contributed by atoms with Crippen LogP contribution in [0.5, 0.6) is 0 Å². The summed E-state index contributed by atoms with van der Waals surface area (Å²) in [4.78, 5) is 13.0. The third kappa shape index (κ3) is 4.25. The minimum Gasteiger partial charge on any atom is -0.319 e. The summed E-state index contributed by atoms with van der Waals surface area (Å²) in [6, 6.07) is 8.13. The second-order valence-corrected chi connectivity index (χ2v) is 8.02. The molecule has 2 aromatic rings. The molecule has 0 spiro atoms. The third-order valence-corrected chi connectivity index (χ3v) is 5.20. The number of halogens is 2. The van der Waals surface area contributed by atoms with Gasteiger partial charge in [-0.3, -0.25) is 4.79 Å². The van der Waals surface area contributed by atoms with Crippen molar-refractivity contribution in [2.75, 3.05) is 17.8 Å². The van der Waals surface area contributed by atoms with Crippen molar-refractivity contribution >= 4 is 44.8 Å². The molecule has 122 valence electrons. The molecule has 8 heteroatoms. The van der Waals surface area contributed by atoms with Crippen LogP contribution in [-0.4, -0.2) is 26.8 Å². The zero-order chi connectivity index (χ0) is 17.2. The maximum atomic E-state index is 13.8. The highest BCUT2D eigenvalue weighted by Crippen LogP contribution is 2.25. The maximum absolute atomic E-state index is 13.8. The van der Waals surface area contributed by atoms with Crippen molar-refractivity contribution in [2.24, 2.45) is 0 Å². The number of hydrogen-bond donors (Lipinski definition) is 1. The van der Waals surface area contributed by atoms with Crippen LogP contribution >= 0.6 is 23.4 Å². The smallest absolute Gasteiger partial charge is 0.257 e. The fourth-order valence-electron chi connectivity index (χ4n) is 1.83. The van der Waals surface area contributed by atoms with E-state index < -0.39 is 21.6 Å². The fraction of sp³-hybridized carbons (Fsp3) is 0.133. The van der Waals surface area contributed by atoms with Gasteiger partial charge in [-0.1, -0.05) is 11.6 Å². The Morgan fingerprint density at radius 3 is 2.52 bits per heavy atom. The number of benzene rings is 2. The van der Waals surface area contributed by atoms with Gasteiger partial charge in [0, 0.05) is 11.2 Å². The molecule has 1 amide bonds. The van der Waals surface area contributed by atoms with Crippen LogP contribution in [0.3, 0.4) is 0 Å². The lowest BCUT2D eigenvalue weighted by Gasteiger charge is -2.10. The SMILES string of the molecule is CSc1ccc(Cl)c(C(=O)Nc2cc(S(C)(=O)=O)ccc2F)c1. The van der Waals surface area contributed by atoms with Gasteiger partial charge in [0.25, 0.3) is 5.91 Å². The van der Waals surface area contributed by atoms with Gasteiger partial charge in [-0.25, -0.2) is 12.8 Å². The van der Waals surface area contributed by atoms with Crippen molar-refractivity contribution in [3.63, 3.8) is 0 Å². The minimum atomic E-state index is -3.51. The van der Waals surface area contributed by atoms with Gasteiger partial charge < -0.3 is 5.32 Å². The number of carbonyl (C=O) groups is 1. The molecule has 0 saturated carbocycles. The summed E-state index contributed by atoms with van der Waals surface area (Å²) in [7, 11) is -3.51. The van der Waals surface area contributed by atoms with E-state index in [-0.39, 0.29) is 21.2 Å². The molecule has 23 heavy (non-hydrogen) atoms. The van der Waals surface area contributed by atoms with E-state index in [1.165, 1.54) is 11.8 Å². The molecule has 0 fully saturated rings. The summed E-state index contributed by atoms with van der Waals surface area (Å²) in [5.41, 5.74) is -0.0359. The van der Waals surface area contributed by atoms with Crippen LogP contribution < -0.4 is 5.32 Å². The number of hydrogen-bond acceptors (Lipinski definition) is 4. The molecule has 0 unspecified atom stereocenters. The van der Waals surface area contributed by atoms with E-state index in [1.807, 2.05) is 6.26 Å². The lowest BCUT2D eigenvalue weighted by molar-refractivity contribution is 0.102. The van der Waals surface area contributed by atoms with Gasteiger partial charge in [-0.05, 0) is 42.7 Å². The third-order valence-electron chi connectivity index (χ3n) is 3.03. The summed E-state index contributed by atoms with van der Waals surface area (Å²) < 4.78 is 36.9. The average molecular weight is 374 g/mol. The summed E-state index contributed by atoms with van der Waals surface area (Å²) >= 11 is 7.43. The molecule has 0 aliphatic rings. The summed E-state index contributed by atoms with van der Waals surface area (Å²) in [5.74, 6) is -1.35. The fourth-order valence-corrected chi connectivity index (χ4v) is 3.12. The first-order valence-electron chi connectivity index (χ1n) is 6.37. The van der Waals surface area contributed by atoms with Crippen molar-refractivity contribution in [3.8, 4) is 0 Å². The second-order valence-electron chi connectivity index (χ2n) is 4.71. The zero-order valence-electron chi connectivity index (χ0n) is 12.3. The molecular formula is C15H13ClFNO3S2. The van der Waals surface area contributed by atoms with Gasteiger partial charge in [0.05, 0.1) is 21.2 Å². The second kappa shape index (κ2) is 6.90. The maximum Gasteiger partial charge on any atom is 0.257 e. The first kappa shape index (κ1) is 17.8. The topological polar surface area (TPSA) is 63.2 Å². The van der Waals surface area contributed by atoms with Gasteiger partial charge in [-0.2, -0.15) is 0 Å². The van der Waals surface area contributed by atoms with Gasteiger partial charge in [-0.15, -0.1) is 11.8 Å². The summed E-state index contributed by atoms with van der Waals surface area (Å²) in [6.45, 7) is 0. The summed E-state index contributed by atoms with van der Waals surface area (Å²) in [5, 5.41) is 2.58. The average Bonchev–Trinajstić information content (AvgIpc) is 2.48. The number of nitrogens with one attached hydrogen (secondary N) is 1. The number of sulfone groups is 1. The number of rotatable bonds is 4. The van der Waals surface area contributed by atoms with E-state index in [9.17, 15) is 17.6 Å². The van der Waals surface area contributed by atoms with Crippen molar-refractivity contribution in [3.05, 3.63) is 52.8 Å². The highest BCUT2D eigenvalue weighted by atomic mass is 35.5. The molecule has 1 N–H and O–H groups in total. The Labute approximate surface area is 143 Å². The monoisotopic (exact) mass is 373 g/mol. The molecule has 0 atom stereocenters.